The highest BCUT2D eigenvalue weighted by Gasteiger charge is 2.42. The molecule has 9 rings (SSSR count). The Morgan fingerprint density at radius 3 is 2.21 bits per heavy atom. The van der Waals surface area contributed by atoms with Crippen LogP contribution in [0.5, 0.6) is 0 Å². The van der Waals surface area contributed by atoms with Gasteiger partial charge in [-0.25, -0.2) is 0 Å². The molecule has 1 fully saturated rings. The maximum absolute atomic E-state index is 11.8. The van der Waals surface area contributed by atoms with Crippen molar-refractivity contribution < 1.29 is 17.5 Å². The highest BCUT2D eigenvalue weighted by Crippen LogP contribution is 2.52. The van der Waals surface area contributed by atoms with Crippen molar-refractivity contribution in [1.29, 1.82) is 0 Å². The summed E-state index contributed by atoms with van der Waals surface area (Å²) in [5.74, 6) is 0.143. The Hall–Kier alpha value is -5.34. The molecule has 1 saturated carbocycles. The lowest BCUT2D eigenvalue weighted by Crippen LogP contribution is -2.38. The van der Waals surface area contributed by atoms with Crippen LogP contribution in [0.3, 0.4) is 0 Å². The van der Waals surface area contributed by atoms with Gasteiger partial charge in [-0.3, -0.25) is 4.55 Å². The van der Waals surface area contributed by atoms with Gasteiger partial charge < -0.3 is 4.90 Å². The fourth-order valence-corrected chi connectivity index (χ4v) is 9.98. The van der Waals surface area contributed by atoms with Crippen molar-refractivity contribution in [2.75, 3.05) is 10.7 Å². The first kappa shape index (κ1) is 33.5. The smallest absolute Gasteiger partial charge is 0.271 e. The van der Waals surface area contributed by atoms with Crippen LogP contribution in [0.4, 0.5) is 11.4 Å². The number of fused-ring (bicyclic) bond motifs is 6. The van der Waals surface area contributed by atoms with E-state index < -0.39 is 10.1 Å². The van der Waals surface area contributed by atoms with Crippen molar-refractivity contribution in [3.8, 4) is 0 Å². The third-order valence-corrected chi connectivity index (χ3v) is 12.7. The van der Waals surface area contributed by atoms with Crippen molar-refractivity contribution in [2.45, 2.75) is 37.8 Å². The summed E-state index contributed by atoms with van der Waals surface area (Å²) in [6, 6.07) is 49.8. The van der Waals surface area contributed by atoms with Gasteiger partial charge >= 0.3 is 0 Å². The Bertz CT molecular complexity index is 2590. The predicted molar refractivity (Wildman–Crippen MR) is 220 cm³/mol. The normalized spacial score (nSPS) is 16.7. The van der Waals surface area contributed by atoms with E-state index in [0.717, 1.165) is 31.6 Å². The molecule has 1 aromatic heterocycles. The molecule has 262 valence electrons. The van der Waals surface area contributed by atoms with E-state index in [1.54, 1.807) is 11.3 Å². The van der Waals surface area contributed by atoms with Crippen LogP contribution in [-0.4, -0.2) is 24.8 Å². The molecule has 6 aromatic carbocycles. The van der Waals surface area contributed by atoms with Crippen molar-refractivity contribution in [3.05, 3.63) is 172 Å². The van der Waals surface area contributed by atoms with Gasteiger partial charge in [0.25, 0.3) is 15.1 Å². The molecule has 0 radical (unpaired) electrons. The van der Waals surface area contributed by atoms with Gasteiger partial charge in [0.1, 0.15) is 10.5 Å². The van der Waals surface area contributed by atoms with Gasteiger partial charge in [-0.05, 0) is 94.1 Å². The van der Waals surface area contributed by atoms with Crippen molar-refractivity contribution in [2.24, 2.45) is 0 Å². The summed E-state index contributed by atoms with van der Waals surface area (Å²) in [7, 11) is -4.12. The van der Waals surface area contributed by atoms with Gasteiger partial charge in [0, 0.05) is 40.9 Å². The second-order valence-electron chi connectivity index (χ2n) is 14.0. The van der Waals surface area contributed by atoms with Crippen molar-refractivity contribution in [1.82, 2.24) is 0 Å². The first-order valence-electron chi connectivity index (χ1n) is 18.2. The second kappa shape index (κ2) is 13.9. The molecule has 0 amide bonds. The molecule has 0 saturated heterocycles. The van der Waals surface area contributed by atoms with Gasteiger partial charge in [0.2, 0.25) is 5.52 Å². The molecule has 2 heterocycles. The average Bonchev–Trinajstić information content (AvgIpc) is 3.89. The van der Waals surface area contributed by atoms with Crippen LogP contribution in [0, 0.1) is 0 Å². The summed E-state index contributed by atoms with van der Waals surface area (Å²) < 4.78 is 36.3. The van der Waals surface area contributed by atoms with E-state index in [2.05, 4.69) is 144 Å². The van der Waals surface area contributed by atoms with Crippen molar-refractivity contribution >= 4 is 77.6 Å². The number of anilines is 2. The maximum Gasteiger partial charge on any atom is 0.271 e. The summed E-state index contributed by atoms with van der Waals surface area (Å²) in [6.45, 7) is 0.175. The quantitative estimate of drug-likeness (QED) is 0.0912. The zero-order valence-corrected chi connectivity index (χ0v) is 30.8. The fourth-order valence-electron chi connectivity index (χ4n) is 8.34. The van der Waals surface area contributed by atoms with Crippen LogP contribution in [0.2, 0.25) is 0 Å². The van der Waals surface area contributed by atoms with E-state index in [1.165, 1.54) is 58.5 Å². The predicted octanol–water partition coefficient (Wildman–Crippen LogP) is 10.8. The lowest BCUT2D eigenvalue weighted by Gasteiger charge is -2.27. The van der Waals surface area contributed by atoms with Gasteiger partial charge in [-0.1, -0.05) is 121 Å². The lowest BCUT2D eigenvalue weighted by atomic mass is 9.95. The van der Waals surface area contributed by atoms with E-state index >= 15 is 0 Å². The minimum Gasteiger partial charge on any atom is -0.338 e. The molecule has 7 aromatic rings. The minimum atomic E-state index is -4.12. The molecule has 2 aliphatic rings. The highest BCUT2D eigenvalue weighted by molar-refractivity contribution is 7.85. The monoisotopic (exact) mass is 731 g/mol. The Morgan fingerprint density at radius 1 is 0.774 bits per heavy atom. The van der Waals surface area contributed by atoms with Crippen LogP contribution in [0.1, 0.15) is 58.0 Å². The van der Waals surface area contributed by atoms with Crippen LogP contribution in [-0.2, 0) is 16.7 Å². The van der Waals surface area contributed by atoms with Crippen molar-refractivity contribution in [3.63, 3.8) is 0 Å². The fraction of sp³-hybridized carbons (Fsp3) is 0.152. The molecule has 0 bridgehead atoms. The molecular formula is C46H39N2O3S2+. The highest BCUT2D eigenvalue weighted by atomic mass is 32.2. The van der Waals surface area contributed by atoms with Gasteiger partial charge in [0.15, 0.2) is 6.54 Å². The number of aromatic nitrogens is 1. The van der Waals surface area contributed by atoms with E-state index in [1.807, 2.05) is 22.8 Å². The van der Waals surface area contributed by atoms with Crippen LogP contribution in [0.25, 0.3) is 44.8 Å². The third kappa shape index (κ3) is 6.61. The van der Waals surface area contributed by atoms with Gasteiger partial charge in [-0.2, -0.15) is 13.0 Å². The van der Waals surface area contributed by atoms with E-state index in [4.69, 9.17) is 0 Å². The van der Waals surface area contributed by atoms with Crippen LogP contribution >= 0.6 is 11.3 Å². The summed E-state index contributed by atoms with van der Waals surface area (Å²) in [4.78, 5) is 2.56. The largest absolute Gasteiger partial charge is 0.338 e. The first-order valence-corrected chi connectivity index (χ1v) is 20.7. The standard InChI is InChI=1S/C46H38N2O3S2/c49-53(50,51)29-28-47-44-26-22-36-14-7-8-15-38(36)46(44)52-45(47)27-21-33-20-25-43-41(31-33)39-16-9-17-42(39)48(43)37-23-18-32(19-24-37)30-40(34-10-3-1-4-11-34)35-12-5-2-6-13-35/h1-8,10-15,18-27,30-31,39,42H,9,16-17,28-29H2/p+1. The van der Waals surface area contributed by atoms with Crippen LogP contribution < -0.4 is 9.47 Å². The summed E-state index contributed by atoms with van der Waals surface area (Å²) in [5, 5.41) is 3.22. The van der Waals surface area contributed by atoms with Gasteiger partial charge in [-0.15, -0.1) is 0 Å². The third-order valence-electron chi connectivity index (χ3n) is 10.8. The zero-order valence-electron chi connectivity index (χ0n) is 29.2. The summed E-state index contributed by atoms with van der Waals surface area (Å²) in [5.41, 5.74) is 10.8. The SMILES string of the molecule is O=S(=O)(O)CC[n+]1c(/C=C/c2ccc3c(c2)C2CCCC2N3c2ccc(C=C(c3ccccc3)c3ccccc3)cc2)sc2c3ccccc3ccc21. The molecule has 7 heteroatoms. The molecule has 2 unspecified atom stereocenters. The Morgan fingerprint density at radius 2 is 1.47 bits per heavy atom. The molecule has 5 nitrogen and oxygen atoms in total. The zero-order chi connectivity index (χ0) is 35.9. The molecule has 1 aliphatic carbocycles. The summed E-state index contributed by atoms with van der Waals surface area (Å²) >= 11 is 1.65. The molecular weight excluding hydrogens is 693 g/mol. The summed E-state index contributed by atoms with van der Waals surface area (Å²) in [6.07, 6.45) is 10.1. The molecule has 1 aliphatic heterocycles. The number of benzene rings is 6. The Labute approximate surface area is 314 Å². The molecule has 2 atom stereocenters. The number of hydrogen-bond acceptors (Lipinski definition) is 4. The van der Waals surface area contributed by atoms with E-state index in [-0.39, 0.29) is 12.3 Å². The van der Waals surface area contributed by atoms with E-state index in [0.29, 0.717) is 12.0 Å². The Balaban J connectivity index is 1.03. The topological polar surface area (TPSA) is 61.5 Å². The second-order valence-corrected chi connectivity index (χ2v) is 16.6. The van der Waals surface area contributed by atoms with Gasteiger partial charge in [0.05, 0.1) is 0 Å². The first-order chi connectivity index (χ1) is 25.9. The van der Waals surface area contributed by atoms with Crippen LogP contribution in [0.15, 0.2) is 140 Å². The average molecular weight is 732 g/mol. The number of nitrogens with zero attached hydrogens (tertiary/aromatic N) is 2. The number of rotatable bonds is 9. The maximum atomic E-state index is 11.8. The Kier molecular flexibility index (Phi) is 8.78. The minimum absolute atomic E-state index is 0.175. The number of aryl methyl sites for hydroxylation is 1. The number of hydrogen-bond donors (Lipinski definition) is 1. The van der Waals surface area contributed by atoms with E-state index in [9.17, 15) is 13.0 Å². The molecule has 0 spiro atoms. The number of thiazole rings is 1. The molecule has 1 N–H and O–H groups in total. The lowest BCUT2D eigenvalue weighted by molar-refractivity contribution is -0.664. The molecule has 53 heavy (non-hydrogen) atoms.